The van der Waals surface area contributed by atoms with Gasteiger partial charge in [0.1, 0.15) is 34.9 Å². The topological polar surface area (TPSA) is 80.5 Å². The standard InChI is InChI=1S/C17H18FN3O2S/c1-3-23-17(22)15-14(13(8-19)16(20)24-15)10-21(2)9-11-4-6-12(18)7-5-11/h4-7H,3,9-10,20H2,1-2H3/p+1. The maximum absolute atomic E-state index is 13.0. The lowest BCUT2D eigenvalue weighted by atomic mass is 10.1. The molecule has 0 saturated heterocycles. The summed E-state index contributed by atoms with van der Waals surface area (Å²) < 4.78 is 18.0. The summed E-state index contributed by atoms with van der Waals surface area (Å²) >= 11 is 1.08. The van der Waals surface area contributed by atoms with E-state index in [-0.39, 0.29) is 12.4 Å². The number of benzene rings is 1. The molecule has 3 N–H and O–H groups in total. The number of carbonyl (C=O) groups excluding carboxylic acids is 1. The molecule has 1 atom stereocenters. The lowest BCUT2D eigenvalue weighted by Gasteiger charge is -2.14. The normalized spacial score (nSPS) is 11.8. The first kappa shape index (κ1) is 17.9. The van der Waals surface area contributed by atoms with Crippen LogP contribution in [0.1, 0.15) is 33.3 Å². The van der Waals surface area contributed by atoms with Gasteiger partial charge < -0.3 is 15.4 Å². The summed E-state index contributed by atoms with van der Waals surface area (Å²) in [4.78, 5) is 13.5. The Bertz CT molecular complexity index is 765. The van der Waals surface area contributed by atoms with Crippen molar-refractivity contribution >= 4 is 22.3 Å². The number of ether oxygens (including phenoxy) is 1. The van der Waals surface area contributed by atoms with Crippen molar-refractivity contribution in [3.63, 3.8) is 0 Å². The number of nitrogens with zero attached hydrogens (tertiary/aromatic N) is 1. The van der Waals surface area contributed by atoms with Crippen LogP contribution in [-0.2, 0) is 17.8 Å². The van der Waals surface area contributed by atoms with Gasteiger partial charge in [0.15, 0.2) is 0 Å². The summed E-state index contributed by atoms with van der Waals surface area (Å²) in [6.45, 7) is 3.06. The molecule has 0 amide bonds. The van der Waals surface area contributed by atoms with Crippen LogP contribution in [0.25, 0.3) is 0 Å². The van der Waals surface area contributed by atoms with Gasteiger partial charge in [-0.25, -0.2) is 9.18 Å². The third kappa shape index (κ3) is 4.10. The fourth-order valence-corrected chi connectivity index (χ4v) is 3.38. The minimum Gasteiger partial charge on any atom is -0.462 e. The average Bonchev–Trinajstić information content (AvgIpc) is 2.85. The summed E-state index contributed by atoms with van der Waals surface area (Å²) in [6, 6.07) is 8.34. The molecule has 0 fully saturated rings. The summed E-state index contributed by atoms with van der Waals surface area (Å²) in [5, 5.41) is 9.66. The van der Waals surface area contributed by atoms with Gasteiger partial charge in [0.2, 0.25) is 0 Å². The van der Waals surface area contributed by atoms with E-state index in [0.717, 1.165) is 21.8 Å². The van der Waals surface area contributed by atoms with Crippen LogP contribution in [0.15, 0.2) is 24.3 Å². The molecule has 126 valence electrons. The molecule has 1 unspecified atom stereocenters. The number of carbonyl (C=O) groups is 1. The van der Waals surface area contributed by atoms with Gasteiger partial charge in [-0.1, -0.05) is 12.1 Å². The van der Waals surface area contributed by atoms with E-state index in [1.165, 1.54) is 12.1 Å². The molecular formula is C17H19FN3O2S+. The van der Waals surface area contributed by atoms with Crippen LogP contribution in [-0.4, -0.2) is 19.6 Å². The monoisotopic (exact) mass is 348 g/mol. The van der Waals surface area contributed by atoms with Crippen LogP contribution in [0.3, 0.4) is 0 Å². The van der Waals surface area contributed by atoms with Gasteiger partial charge in [-0.3, -0.25) is 0 Å². The van der Waals surface area contributed by atoms with Gasteiger partial charge in [-0.05, 0) is 19.1 Å². The zero-order valence-electron chi connectivity index (χ0n) is 13.6. The van der Waals surface area contributed by atoms with E-state index < -0.39 is 5.97 Å². The Labute approximate surface area is 144 Å². The second kappa shape index (κ2) is 7.90. The van der Waals surface area contributed by atoms with E-state index >= 15 is 0 Å². The third-order valence-corrected chi connectivity index (χ3v) is 4.55. The van der Waals surface area contributed by atoms with Gasteiger partial charge in [0.25, 0.3) is 0 Å². The molecule has 0 spiro atoms. The Morgan fingerprint density at radius 2 is 2.04 bits per heavy atom. The molecule has 2 aromatic rings. The second-order valence-electron chi connectivity index (χ2n) is 5.42. The highest BCUT2D eigenvalue weighted by Gasteiger charge is 2.25. The number of nitrogens with one attached hydrogen (secondary N) is 1. The van der Waals surface area contributed by atoms with Crippen LogP contribution < -0.4 is 10.6 Å². The Balaban J connectivity index is 2.22. The largest absolute Gasteiger partial charge is 0.462 e. The molecule has 1 heterocycles. The Morgan fingerprint density at radius 1 is 1.38 bits per heavy atom. The fourth-order valence-electron chi connectivity index (χ4n) is 2.45. The van der Waals surface area contributed by atoms with Crippen molar-refractivity contribution in [3.8, 4) is 6.07 Å². The lowest BCUT2D eigenvalue weighted by Crippen LogP contribution is -3.06. The molecular weight excluding hydrogens is 329 g/mol. The summed E-state index contributed by atoms with van der Waals surface area (Å²) in [5.74, 6) is -0.737. The Morgan fingerprint density at radius 3 is 2.62 bits per heavy atom. The van der Waals surface area contributed by atoms with Gasteiger partial charge in [0, 0.05) is 5.56 Å². The number of hydrogen-bond acceptors (Lipinski definition) is 5. The minimum atomic E-state index is -0.458. The van der Waals surface area contributed by atoms with Crippen LogP contribution in [0.2, 0.25) is 0 Å². The first-order valence-electron chi connectivity index (χ1n) is 7.50. The quantitative estimate of drug-likeness (QED) is 0.779. The maximum atomic E-state index is 13.0. The fraction of sp³-hybridized carbons (Fsp3) is 0.294. The van der Waals surface area contributed by atoms with Crippen molar-refractivity contribution in [2.45, 2.75) is 20.0 Å². The molecule has 0 bridgehead atoms. The number of rotatable bonds is 6. The number of anilines is 1. The van der Waals surface area contributed by atoms with Crippen molar-refractivity contribution in [2.24, 2.45) is 0 Å². The Kier molecular flexibility index (Phi) is 5.90. The zero-order chi connectivity index (χ0) is 17.7. The predicted octanol–water partition coefficient (Wildman–Crippen LogP) is 1.73. The summed E-state index contributed by atoms with van der Waals surface area (Å²) in [5.41, 5.74) is 7.78. The smallest absolute Gasteiger partial charge is 0.348 e. The maximum Gasteiger partial charge on any atom is 0.348 e. The molecule has 5 nitrogen and oxygen atoms in total. The molecule has 1 aromatic heterocycles. The number of esters is 1. The van der Waals surface area contributed by atoms with Crippen LogP contribution in [0, 0.1) is 17.1 Å². The van der Waals surface area contributed by atoms with Crippen LogP contribution in [0.5, 0.6) is 0 Å². The highest BCUT2D eigenvalue weighted by molar-refractivity contribution is 7.18. The first-order chi connectivity index (χ1) is 11.5. The van der Waals surface area contributed by atoms with Crippen molar-refractivity contribution in [2.75, 3.05) is 19.4 Å². The van der Waals surface area contributed by atoms with Gasteiger partial charge in [-0.15, -0.1) is 11.3 Å². The SMILES string of the molecule is CCOC(=O)c1sc(N)c(C#N)c1C[NH+](C)Cc1ccc(F)cc1. The lowest BCUT2D eigenvalue weighted by molar-refractivity contribution is -0.907. The van der Waals surface area contributed by atoms with Gasteiger partial charge in [-0.2, -0.15) is 5.26 Å². The second-order valence-corrected chi connectivity index (χ2v) is 6.47. The molecule has 24 heavy (non-hydrogen) atoms. The molecule has 0 radical (unpaired) electrons. The predicted molar refractivity (Wildman–Crippen MR) is 90.1 cm³/mol. The van der Waals surface area contributed by atoms with Crippen LogP contribution >= 0.6 is 11.3 Å². The summed E-state index contributed by atoms with van der Waals surface area (Å²) in [7, 11) is 1.94. The third-order valence-electron chi connectivity index (χ3n) is 3.50. The number of halogens is 1. The van der Waals surface area contributed by atoms with Gasteiger partial charge >= 0.3 is 5.97 Å². The minimum absolute atomic E-state index is 0.260. The number of hydrogen-bond donors (Lipinski definition) is 2. The average molecular weight is 348 g/mol. The van der Waals surface area contributed by atoms with Gasteiger partial charge in [0.05, 0.1) is 24.8 Å². The molecule has 0 aliphatic carbocycles. The van der Waals surface area contributed by atoms with E-state index in [2.05, 4.69) is 6.07 Å². The highest BCUT2D eigenvalue weighted by atomic mass is 32.1. The first-order valence-corrected chi connectivity index (χ1v) is 8.32. The molecule has 7 heteroatoms. The Hall–Kier alpha value is -2.43. The highest BCUT2D eigenvalue weighted by Crippen LogP contribution is 2.30. The number of thiophene rings is 1. The van der Waals surface area contributed by atoms with E-state index in [4.69, 9.17) is 10.5 Å². The van der Waals surface area contributed by atoms with E-state index in [1.807, 2.05) is 7.05 Å². The van der Waals surface area contributed by atoms with E-state index in [0.29, 0.717) is 34.1 Å². The molecule has 2 rings (SSSR count). The van der Waals surface area contributed by atoms with Crippen molar-refractivity contribution in [1.29, 1.82) is 5.26 Å². The van der Waals surface area contributed by atoms with Crippen molar-refractivity contribution < 1.29 is 18.8 Å². The number of nitriles is 1. The van der Waals surface area contributed by atoms with E-state index in [1.54, 1.807) is 19.1 Å². The van der Waals surface area contributed by atoms with Crippen LogP contribution in [0.4, 0.5) is 9.39 Å². The molecule has 0 saturated carbocycles. The van der Waals surface area contributed by atoms with Crippen molar-refractivity contribution in [3.05, 3.63) is 51.7 Å². The number of quaternary nitrogens is 1. The zero-order valence-corrected chi connectivity index (χ0v) is 14.4. The van der Waals surface area contributed by atoms with Crippen molar-refractivity contribution in [1.82, 2.24) is 0 Å². The number of nitrogens with two attached hydrogens (primary N) is 1. The molecule has 0 aliphatic rings. The number of nitrogen functional groups attached to an aromatic ring is 1. The summed E-state index contributed by atoms with van der Waals surface area (Å²) in [6.07, 6.45) is 0. The molecule has 0 aliphatic heterocycles. The van der Waals surface area contributed by atoms with E-state index in [9.17, 15) is 14.4 Å². The molecule has 1 aromatic carbocycles.